The number of nitrogens with zero attached hydrogens (tertiary/aromatic N) is 1. The van der Waals surface area contributed by atoms with Crippen molar-refractivity contribution in [2.75, 3.05) is 11.9 Å². The lowest BCUT2D eigenvalue weighted by Gasteiger charge is -2.18. The Morgan fingerprint density at radius 2 is 1.95 bits per heavy atom. The zero-order valence-corrected chi connectivity index (χ0v) is 12.9. The quantitative estimate of drug-likeness (QED) is 0.839. The molecule has 0 amide bonds. The van der Waals surface area contributed by atoms with Crippen molar-refractivity contribution in [2.45, 2.75) is 45.3 Å². The van der Waals surface area contributed by atoms with Crippen LogP contribution < -0.4 is 10.2 Å². The monoisotopic (exact) mass is 284 g/mol. The summed E-state index contributed by atoms with van der Waals surface area (Å²) in [5, 5.41) is 3.51. The van der Waals surface area contributed by atoms with E-state index in [1.54, 1.807) is 0 Å². The van der Waals surface area contributed by atoms with E-state index in [9.17, 15) is 0 Å². The highest BCUT2D eigenvalue weighted by molar-refractivity contribution is 5.47. The predicted molar refractivity (Wildman–Crippen MR) is 86.5 cm³/mol. The first-order valence-corrected chi connectivity index (χ1v) is 7.84. The number of anilines is 1. The molecule has 1 aromatic carbocycles. The Hall–Kier alpha value is -1.74. The summed E-state index contributed by atoms with van der Waals surface area (Å²) >= 11 is 0. The van der Waals surface area contributed by atoms with Crippen LogP contribution >= 0.6 is 0 Å². The minimum atomic E-state index is 0.739. The van der Waals surface area contributed by atoms with Gasteiger partial charge in [0.1, 0.15) is 5.76 Å². The van der Waals surface area contributed by atoms with E-state index in [0.29, 0.717) is 0 Å². The van der Waals surface area contributed by atoms with E-state index in [0.717, 1.165) is 31.3 Å². The molecule has 0 aliphatic heterocycles. The van der Waals surface area contributed by atoms with Crippen molar-refractivity contribution < 1.29 is 4.42 Å². The van der Waals surface area contributed by atoms with Crippen LogP contribution in [0.5, 0.6) is 0 Å². The summed E-state index contributed by atoms with van der Waals surface area (Å²) in [5.74, 6) is 1.02. The van der Waals surface area contributed by atoms with E-state index in [-0.39, 0.29) is 0 Å². The van der Waals surface area contributed by atoms with Crippen LogP contribution in [0.1, 0.15) is 36.7 Å². The number of hydrogen-bond donors (Lipinski definition) is 1. The molecule has 1 aromatic heterocycles. The molecule has 21 heavy (non-hydrogen) atoms. The Morgan fingerprint density at radius 3 is 2.62 bits per heavy atom. The molecule has 0 unspecified atom stereocenters. The second-order valence-electron chi connectivity index (χ2n) is 5.95. The lowest BCUT2D eigenvalue weighted by molar-refractivity contribution is 0.504. The summed E-state index contributed by atoms with van der Waals surface area (Å²) in [4.78, 5) is 2.22. The molecule has 0 radical (unpaired) electrons. The second-order valence-corrected chi connectivity index (χ2v) is 5.95. The molecule has 1 saturated carbocycles. The van der Waals surface area contributed by atoms with Gasteiger partial charge in [-0.15, -0.1) is 0 Å². The summed E-state index contributed by atoms with van der Waals surface area (Å²) < 4.78 is 5.67. The number of aryl methyl sites for hydroxylation is 1. The first kappa shape index (κ1) is 14.2. The highest BCUT2D eigenvalue weighted by Crippen LogP contribution is 2.21. The van der Waals surface area contributed by atoms with E-state index in [2.05, 4.69) is 54.5 Å². The zero-order chi connectivity index (χ0) is 14.7. The van der Waals surface area contributed by atoms with Crippen molar-refractivity contribution in [2.24, 2.45) is 0 Å². The average Bonchev–Trinajstić information content (AvgIpc) is 3.25. The summed E-state index contributed by atoms with van der Waals surface area (Å²) in [6.07, 6.45) is 5.60. The summed E-state index contributed by atoms with van der Waals surface area (Å²) in [6, 6.07) is 11.6. The van der Waals surface area contributed by atoms with Crippen LogP contribution in [0.15, 0.2) is 41.0 Å². The van der Waals surface area contributed by atoms with Gasteiger partial charge in [0.05, 0.1) is 12.8 Å². The zero-order valence-electron chi connectivity index (χ0n) is 12.9. The molecule has 1 N–H and O–H groups in total. The Morgan fingerprint density at radius 1 is 1.19 bits per heavy atom. The third-order valence-electron chi connectivity index (χ3n) is 4.06. The Kier molecular flexibility index (Phi) is 4.30. The van der Waals surface area contributed by atoms with Gasteiger partial charge in [-0.3, -0.25) is 0 Å². The van der Waals surface area contributed by atoms with Crippen LogP contribution in [0.25, 0.3) is 0 Å². The van der Waals surface area contributed by atoms with Crippen molar-refractivity contribution in [3.05, 3.63) is 53.5 Å². The molecule has 0 saturated heterocycles. The van der Waals surface area contributed by atoms with Gasteiger partial charge in [-0.25, -0.2) is 0 Å². The molecule has 1 fully saturated rings. The van der Waals surface area contributed by atoms with Crippen LogP contribution in [0, 0.1) is 0 Å². The van der Waals surface area contributed by atoms with Gasteiger partial charge in [0.25, 0.3) is 0 Å². The molecule has 0 bridgehead atoms. The van der Waals surface area contributed by atoms with Crippen molar-refractivity contribution in [1.82, 2.24) is 5.32 Å². The smallest absolute Gasteiger partial charge is 0.123 e. The number of benzene rings is 1. The van der Waals surface area contributed by atoms with Gasteiger partial charge in [0.2, 0.25) is 0 Å². The highest BCUT2D eigenvalue weighted by Gasteiger charge is 2.20. The SMILES string of the molecule is CCc1ccc(N(C)Cc2cc(CNC3CC3)co2)cc1. The summed E-state index contributed by atoms with van der Waals surface area (Å²) in [5.41, 5.74) is 3.84. The fourth-order valence-electron chi connectivity index (χ4n) is 2.46. The van der Waals surface area contributed by atoms with Gasteiger partial charge in [-0.2, -0.15) is 0 Å². The standard InChI is InChI=1S/C18H24N2O/c1-3-14-4-8-17(9-5-14)20(2)12-18-10-15(13-21-18)11-19-16-6-7-16/h4-5,8-10,13,16,19H,3,6-7,11-12H2,1-2H3. The van der Waals surface area contributed by atoms with Crippen molar-refractivity contribution in [1.29, 1.82) is 0 Å². The Balaban J connectivity index is 1.56. The minimum absolute atomic E-state index is 0.739. The van der Waals surface area contributed by atoms with Gasteiger partial charge in [-0.1, -0.05) is 19.1 Å². The van der Waals surface area contributed by atoms with E-state index >= 15 is 0 Å². The Bertz CT molecular complexity index is 569. The van der Waals surface area contributed by atoms with Crippen molar-refractivity contribution in [3.8, 4) is 0 Å². The number of furan rings is 1. The topological polar surface area (TPSA) is 28.4 Å². The average molecular weight is 284 g/mol. The molecule has 3 rings (SSSR count). The number of nitrogens with one attached hydrogen (secondary N) is 1. The molecule has 0 spiro atoms. The molecule has 2 aromatic rings. The van der Waals surface area contributed by atoms with Crippen molar-refractivity contribution >= 4 is 5.69 Å². The second kappa shape index (κ2) is 6.35. The van der Waals surface area contributed by atoms with Crippen LogP contribution in [0.2, 0.25) is 0 Å². The molecular weight excluding hydrogens is 260 g/mol. The third kappa shape index (κ3) is 3.88. The lowest BCUT2D eigenvalue weighted by Crippen LogP contribution is -2.16. The number of rotatable bonds is 7. The van der Waals surface area contributed by atoms with Gasteiger partial charge in [-0.05, 0) is 43.0 Å². The fraction of sp³-hybridized carbons (Fsp3) is 0.444. The normalized spacial score (nSPS) is 14.4. The summed E-state index contributed by atoms with van der Waals surface area (Å²) in [7, 11) is 2.10. The summed E-state index contributed by atoms with van der Waals surface area (Å²) in [6.45, 7) is 3.90. The lowest BCUT2D eigenvalue weighted by atomic mass is 10.1. The fourth-order valence-corrected chi connectivity index (χ4v) is 2.46. The van der Waals surface area contributed by atoms with Crippen LogP contribution in [-0.4, -0.2) is 13.1 Å². The van der Waals surface area contributed by atoms with E-state index in [4.69, 9.17) is 4.42 Å². The molecule has 1 aliphatic rings. The molecule has 1 heterocycles. The largest absolute Gasteiger partial charge is 0.467 e. The first-order valence-electron chi connectivity index (χ1n) is 7.84. The predicted octanol–water partition coefficient (Wildman–Crippen LogP) is 3.73. The van der Waals surface area contributed by atoms with Crippen LogP contribution in [-0.2, 0) is 19.5 Å². The molecular formula is C18H24N2O. The van der Waals surface area contributed by atoms with Crippen LogP contribution in [0.3, 0.4) is 0 Å². The first-order chi connectivity index (χ1) is 10.2. The molecule has 3 nitrogen and oxygen atoms in total. The van der Waals surface area contributed by atoms with Crippen LogP contribution in [0.4, 0.5) is 5.69 Å². The van der Waals surface area contributed by atoms with E-state index < -0.39 is 0 Å². The number of hydrogen-bond acceptors (Lipinski definition) is 3. The van der Waals surface area contributed by atoms with E-state index in [1.165, 1.54) is 29.7 Å². The minimum Gasteiger partial charge on any atom is -0.467 e. The molecule has 1 aliphatic carbocycles. The molecule has 3 heteroatoms. The maximum absolute atomic E-state index is 5.67. The Labute approximate surface area is 127 Å². The third-order valence-corrected chi connectivity index (χ3v) is 4.06. The molecule has 0 atom stereocenters. The molecule has 112 valence electrons. The highest BCUT2D eigenvalue weighted by atomic mass is 16.3. The van der Waals surface area contributed by atoms with E-state index in [1.807, 2.05) is 6.26 Å². The van der Waals surface area contributed by atoms with Gasteiger partial charge in [0, 0.05) is 30.9 Å². The van der Waals surface area contributed by atoms with Crippen molar-refractivity contribution in [3.63, 3.8) is 0 Å². The maximum atomic E-state index is 5.67. The van der Waals surface area contributed by atoms with Gasteiger partial charge in [0.15, 0.2) is 0 Å². The van der Waals surface area contributed by atoms with Gasteiger partial charge < -0.3 is 14.6 Å². The maximum Gasteiger partial charge on any atom is 0.123 e. The van der Waals surface area contributed by atoms with Gasteiger partial charge >= 0.3 is 0 Å².